The lowest BCUT2D eigenvalue weighted by atomic mass is 10.0. The molecular weight excluding hydrogens is 506 g/mol. The molecule has 0 bridgehead atoms. The number of nitrogens with two attached hydrogens (primary N) is 1. The van der Waals surface area contributed by atoms with Gasteiger partial charge in [-0.3, -0.25) is 9.20 Å². The van der Waals surface area contributed by atoms with E-state index in [4.69, 9.17) is 15.2 Å². The molecule has 2 aromatic heterocycles. The summed E-state index contributed by atoms with van der Waals surface area (Å²) in [6, 6.07) is 8.19. The van der Waals surface area contributed by atoms with Crippen molar-refractivity contribution in [1.29, 1.82) is 0 Å². The largest absolute Gasteiger partial charge is 0.494 e. The zero-order valence-electron chi connectivity index (χ0n) is 22.3. The van der Waals surface area contributed by atoms with Crippen LogP contribution in [0.25, 0.3) is 16.9 Å². The Kier molecular flexibility index (Phi) is 8.41. The van der Waals surface area contributed by atoms with E-state index in [1.165, 1.54) is 31.6 Å². The van der Waals surface area contributed by atoms with Gasteiger partial charge in [0.1, 0.15) is 0 Å². The molecule has 2 aromatic carbocycles. The van der Waals surface area contributed by atoms with Crippen LogP contribution in [-0.2, 0) is 11.2 Å². The number of carbonyl (C=O) groups excluding carboxylic acids is 1. The fourth-order valence-electron chi connectivity index (χ4n) is 4.08. The van der Waals surface area contributed by atoms with Gasteiger partial charge < -0.3 is 25.8 Å². The Bertz CT molecular complexity index is 1480. The van der Waals surface area contributed by atoms with Gasteiger partial charge in [0.2, 0.25) is 5.82 Å². The van der Waals surface area contributed by atoms with E-state index in [1.54, 1.807) is 22.7 Å². The molecule has 4 aromatic rings. The summed E-state index contributed by atoms with van der Waals surface area (Å²) in [5.74, 6) is -2.06. The van der Waals surface area contributed by atoms with Gasteiger partial charge in [-0.1, -0.05) is 6.92 Å². The number of anilines is 2. The van der Waals surface area contributed by atoms with E-state index >= 15 is 0 Å². The van der Waals surface area contributed by atoms with E-state index in [1.807, 2.05) is 26.8 Å². The second kappa shape index (κ2) is 11.7. The maximum Gasteiger partial charge on any atom is 0.251 e. The van der Waals surface area contributed by atoms with Crippen molar-refractivity contribution in [2.45, 2.75) is 32.7 Å². The number of aryl methyl sites for hydroxylation is 1. The normalized spacial score (nSPS) is 11.6. The van der Waals surface area contributed by atoms with Crippen molar-refractivity contribution in [1.82, 2.24) is 19.7 Å². The van der Waals surface area contributed by atoms with Crippen molar-refractivity contribution in [3.05, 3.63) is 71.7 Å². The summed E-state index contributed by atoms with van der Waals surface area (Å²) in [5.41, 5.74) is 8.39. The number of rotatable bonds is 11. The molecule has 4 rings (SSSR count). The van der Waals surface area contributed by atoms with Crippen molar-refractivity contribution in [3.8, 4) is 17.0 Å². The Labute approximate surface area is 225 Å². The number of benzene rings is 2. The third-order valence-corrected chi connectivity index (χ3v) is 5.97. The van der Waals surface area contributed by atoms with Gasteiger partial charge in [-0.05, 0) is 56.2 Å². The number of aromatic nitrogens is 3. The summed E-state index contributed by atoms with van der Waals surface area (Å²) in [4.78, 5) is 21.5. The van der Waals surface area contributed by atoms with Gasteiger partial charge in [-0.25, -0.2) is 14.4 Å². The van der Waals surface area contributed by atoms with Crippen molar-refractivity contribution < 1.29 is 23.0 Å². The molecule has 0 spiro atoms. The lowest BCUT2D eigenvalue weighted by Crippen LogP contribution is -2.38. The minimum absolute atomic E-state index is 0.0405. The highest BCUT2D eigenvalue weighted by Crippen LogP contribution is 2.31. The summed E-state index contributed by atoms with van der Waals surface area (Å²) in [6.07, 6.45) is 5.24. The monoisotopic (exact) mass is 538 g/mol. The predicted octanol–water partition coefficient (Wildman–Crippen LogP) is 4.47. The van der Waals surface area contributed by atoms with Crippen LogP contribution in [0.1, 0.15) is 36.7 Å². The molecule has 0 saturated heterocycles. The van der Waals surface area contributed by atoms with Crippen LogP contribution in [0.4, 0.5) is 20.3 Å². The Hall–Kier alpha value is -4.09. The minimum atomic E-state index is -1.07. The van der Waals surface area contributed by atoms with Gasteiger partial charge >= 0.3 is 0 Å². The fourth-order valence-corrected chi connectivity index (χ4v) is 4.08. The summed E-state index contributed by atoms with van der Waals surface area (Å²) in [6.45, 7) is 6.84. The third kappa shape index (κ3) is 6.32. The molecule has 0 aliphatic carbocycles. The molecule has 0 radical (unpaired) electrons. The molecule has 0 unspecified atom stereocenters. The number of methoxy groups -OCH3 is 1. The van der Waals surface area contributed by atoms with Crippen molar-refractivity contribution in [2.75, 3.05) is 32.2 Å². The van der Waals surface area contributed by atoms with E-state index in [0.29, 0.717) is 54.6 Å². The highest BCUT2D eigenvalue weighted by Gasteiger charge is 2.19. The Morgan fingerprint density at radius 3 is 2.67 bits per heavy atom. The van der Waals surface area contributed by atoms with Crippen LogP contribution in [0.5, 0.6) is 5.75 Å². The number of nitrogens with one attached hydrogen (secondary N) is 2. The molecule has 39 heavy (non-hydrogen) atoms. The van der Waals surface area contributed by atoms with E-state index in [2.05, 4.69) is 20.6 Å². The maximum absolute atomic E-state index is 14.8. The number of nitrogens with zero attached hydrogens (tertiary/aromatic N) is 3. The molecule has 0 aliphatic heterocycles. The van der Waals surface area contributed by atoms with Crippen LogP contribution in [0.2, 0.25) is 0 Å². The lowest BCUT2D eigenvalue weighted by Gasteiger charge is -2.18. The van der Waals surface area contributed by atoms with Gasteiger partial charge in [-0.15, -0.1) is 0 Å². The molecule has 9 nitrogen and oxygen atoms in total. The van der Waals surface area contributed by atoms with Crippen molar-refractivity contribution in [3.63, 3.8) is 0 Å². The predicted molar refractivity (Wildman–Crippen MR) is 145 cm³/mol. The van der Waals surface area contributed by atoms with Crippen LogP contribution >= 0.6 is 0 Å². The average molecular weight is 539 g/mol. The second-order valence-electron chi connectivity index (χ2n) is 9.70. The van der Waals surface area contributed by atoms with Crippen LogP contribution in [0.15, 0.2) is 48.9 Å². The number of ether oxygens (including phenoxy) is 2. The first-order valence-electron chi connectivity index (χ1n) is 12.5. The van der Waals surface area contributed by atoms with Crippen molar-refractivity contribution >= 4 is 23.1 Å². The zero-order chi connectivity index (χ0) is 28.2. The summed E-state index contributed by atoms with van der Waals surface area (Å²) >= 11 is 0. The standard InChI is InChI=1S/C28H32F2N6O3/c1-5-17-14-18(6-7-19(17)27(37)33-11-13-39-16-28(2,3)31)35-25-26-34-15-21(36(26)12-10-32-25)20-8-9-22(38-4)24(30)23(20)29/h6-10,12,14-15H,5,11,13,16,31H2,1-4H3,(H,32,35)(H,33,37). The first-order chi connectivity index (χ1) is 18.6. The summed E-state index contributed by atoms with van der Waals surface area (Å²) in [7, 11) is 1.28. The topological polar surface area (TPSA) is 116 Å². The molecule has 0 fully saturated rings. The third-order valence-electron chi connectivity index (χ3n) is 5.97. The summed E-state index contributed by atoms with van der Waals surface area (Å²) < 4.78 is 41.1. The molecule has 4 N–H and O–H groups in total. The number of amides is 1. The molecule has 11 heteroatoms. The van der Waals surface area contributed by atoms with E-state index < -0.39 is 17.2 Å². The van der Waals surface area contributed by atoms with E-state index in [-0.39, 0.29) is 17.2 Å². The van der Waals surface area contributed by atoms with Gasteiger partial charge in [0.15, 0.2) is 23.0 Å². The number of halogens is 2. The summed E-state index contributed by atoms with van der Waals surface area (Å²) in [5, 5.41) is 6.10. The zero-order valence-corrected chi connectivity index (χ0v) is 22.3. The van der Waals surface area contributed by atoms with Crippen LogP contribution in [0, 0.1) is 11.6 Å². The second-order valence-corrected chi connectivity index (χ2v) is 9.70. The Balaban J connectivity index is 1.52. The molecule has 206 valence electrons. The highest BCUT2D eigenvalue weighted by atomic mass is 19.2. The van der Waals surface area contributed by atoms with Gasteiger partial charge in [0, 0.05) is 41.3 Å². The minimum Gasteiger partial charge on any atom is -0.494 e. The Morgan fingerprint density at radius 2 is 1.95 bits per heavy atom. The lowest BCUT2D eigenvalue weighted by molar-refractivity contribution is 0.0853. The van der Waals surface area contributed by atoms with Crippen LogP contribution in [-0.4, -0.2) is 52.7 Å². The number of carbonyl (C=O) groups is 1. The molecule has 2 heterocycles. The van der Waals surface area contributed by atoms with E-state index in [0.717, 1.165) is 5.56 Å². The fraction of sp³-hybridized carbons (Fsp3) is 0.321. The smallest absolute Gasteiger partial charge is 0.251 e. The quantitative estimate of drug-likeness (QED) is 0.241. The SMILES string of the molecule is CCc1cc(Nc2nccn3c(-c4ccc(OC)c(F)c4F)cnc23)ccc1C(=O)NCCOCC(C)(C)N. The number of fused-ring (bicyclic) bond motifs is 1. The van der Waals surface area contributed by atoms with Gasteiger partial charge in [-0.2, -0.15) is 4.39 Å². The molecule has 0 saturated carbocycles. The van der Waals surface area contributed by atoms with E-state index in [9.17, 15) is 13.6 Å². The number of hydrogen-bond acceptors (Lipinski definition) is 7. The molecule has 0 atom stereocenters. The highest BCUT2D eigenvalue weighted by molar-refractivity contribution is 5.96. The first kappa shape index (κ1) is 27.9. The average Bonchev–Trinajstić information content (AvgIpc) is 3.34. The van der Waals surface area contributed by atoms with Gasteiger partial charge in [0.05, 0.1) is 32.2 Å². The number of imidazole rings is 1. The maximum atomic E-state index is 14.8. The van der Waals surface area contributed by atoms with Gasteiger partial charge in [0.25, 0.3) is 5.91 Å². The first-order valence-corrected chi connectivity index (χ1v) is 12.5. The van der Waals surface area contributed by atoms with Crippen LogP contribution in [0.3, 0.4) is 0 Å². The Morgan fingerprint density at radius 1 is 1.15 bits per heavy atom. The molecule has 1 amide bonds. The number of hydrogen-bond donors (Lipinski definition) is 3. The van der Waals surface area contributed by atoms with Crippen molar-refractivity contribution in [2.24, 2.45) is 5.73 Å². The van der Waals surface area contributed by atoms with Crippen LogP contribution < -0.4 is 21.1 Å². The molecular formula is C28H32F2N6O3. The molecule has 0 aliphatic rings.